The minimum Gasteiger partial charge on any atom is -0.452 e. The lowest BCUT2D eigenvalue weighted by Crippen LogP contribution is -2.30. The zero-order valence-electron chi connectivity index (χ0n) is 13.1. The fourth-order valence-electron chi connectivity index (χ4n) is 1.81. The maximum Gasteiger partial charge on any atom is 0.317 e. The Bertz CT molecular complexity index is 788. The third-order valence-corrected chi connectivity index (χ3v) is 4.31. The number of carbonyl (C=O) groups is 2. The molecule has 0 unspecified atom stereocenters. The molecule has 132 valence electrons. The summed E-state index contributed by atoms with van der Waals surface area (Å²) in [6.45, 7) is 1.36. The molecule has 0 aliphatic rings. The van der Waals surface area contributed by atoms with Gasteiger partial charge in [0.2, 0.25) is 0 Å². The predicted octanol–water partition coefficient (Wildman–Crippen LogP) is 4.28. The van der Waals surface area contributed by atoms with Crippen LogP contribution in [0.25, 0.3) is 0 Å². The molecule has 2 aromatic carbocycles. The number of carbonyl (C=O) groups excluding carboxylic acids is 2. The first-order chi connectivity index (χ1) is 11.9. The Morgan fingerprint density at radius 3 is 2.60 bits per heavy atom. The molecule has 0 spiro atoms. The van der Waals surface area contributed by atoms with Crippen molar-refractivity contribution in [1.29, 1.82) is 0 Å². The van der Waals surface area contributed by atoms with Gasteiger partial charge in [0.25, 0.3) is 5.91 Å². The molecular formula is C17H14ClF2NO3S. The van der Waals surface area contributed by atoms with E-state index >= 15 is 0 Å². The van der Waals surface area contributed by atoms with Crippen molar-refractivity contribution in [1.82, 2.24) is 0 Å². The number of esters is 1. The van der Waals surface area contributed by atoms with Crippen LogP contribution in [0.15, 0.2) is 47.4 Å². The highest BCUT2D eigenvalue weighted by molar-refractivity contribution is 8.00. The summed E-state index contributed by atoms with van der Waals surface area (Å²) in [6, 6.07) is 9.78. The van der Waals surface area contributed by atoms with Crippen LogP contribution in [0.2, 0.25) is 5.02 Å². The molecule has 0 bridgehead atoms. The van der Waals surface area contributed by atoms with Gasteiger partial charge in [0.05, 0.1) is 11.4 Å². The van der Waals surface area contributed by atoms with Crippen LogP contribution in [0.4, 0.5) is 14.5 Å². The Kier molecular flexibility index (Phi) is 6.78. The van der Waals surface area contributed by atoms with E-state index in [0.29, 0.717) is 4.90 Å². The molecule has 0 radical (unpaired) electrons. The number of benzene rings is 2. The molecule has 8 heteroatoms. The van der Waals surface area contributed by atoms with Crippen molar-refractivity contribution in [2.45, 2.75) is 17.9 Å². The quantitative estimate of drug-likeness (QED) is 0.595. The highest BCUT2D eigenvalue weighted by atomic mass is 35.5. The molecule has 1 atom stereocenters. The Balaban J connectivity index is 1.85. The first-order valence-corrected chi connectivity index (χ1v) is 8.56. The van der Waals surface area contributed by atoms with Gasteiger partial charge >= 0.3 is 5.97 Å². The van der Waals surface area contributed by atoms with Crippen LogP contribution >= 0.6 is 23.4 Å². The second kappa shape index (κ2) is 8.82. The number of ether oxygens (including phenoxy) is 1. The van der Waals surface area contributed by atoms with Crippen LogP contribution in [0.5, 0.6) is 0 Å². The molecule has 4 nitrogen and oxygen atoms in total. The van der Waals surface area contributed by atoms with Crippen molar-refractivity contribution in [2.75, 3.05) is 11.1 Å². The topological polar surface area (TPSA) is 55.4 Å². The Morgan fingerprint density at radius 2 is 1.92 bits per heavy atom. The summed E-state index contributed by atoms with van der Waals surface area (Å²) in [5, 5.41) is 2.50. The highest BCUT2D eigenvalue weighted by Crippen LogP contribution is 2.22. The summed E-state index contributed by atoms with van der Waals surface area (Å²) in [4.78, 5) is 24.0. The summed E-state index contributed by atoms with van der Waals surface area (Å²) in [6.07, 6.45) is -1.14. The fraction of sp³-hybridized carbons (Fsp3) is 0.176. The van der Waals surface area contributed by atoms with Crippen molar-refractivity contribution < 1.29 is 23.1 Å². The molecule has 1 amide bonds. The molecule has 25 heavy (non-hydrogen) atoms. The van der Waals surface area contributed by atoms with Crippen LogP contribution in [0, 0.1) is 11.6 Å². The summed E-state index contributed by atoms with van der Waals surface area (Å²) in [5.41, 5.74) is -0.0713. The lowest BCUT2D eigenvalue weighted by Gasteiger charge is -2.14. The van der Waals surface area contributed by atoms with Crippen LogP contribution in [-0.4, -0.2) is 23.7 Å². The smallest absolute Gasteiger partial charge is 0.317 e. The van der Waals surface area contributed by atoms with Gasteiger partial charge in [-0.2, -0.15) is 0 Å². The maximum absolute atomic E-state index is 13.6. The molecule has 2 aromatic rings. The van der Waals surface area contributed by atoms with Gasteiger partial charge in [-0.1, -0.05) is 23.7 Å². The molecule has 0 heterocycles. The lowest BCUT2D eigenvalue weighted by atomic mass is 10.3. The monoisotopic (exact) mass is 385 g/mol. The molecule has 0 aliphatic carbocycles. The van der Waals surface area contributed by atoms with Crippen LogP contribution in [0.1, 0.15) is 6.92 Å². The number of rotatable bonds is 6. The van der Waals surface area contributed by atoms with Crippen molar-refractivity contribution in [3.05, 3.63) is 59.1 Å². The van der Waals surface area contributed by atoms with Crippen molar-refractivity contribution in [2.24, 2.45) is 0 Å². The lowest BCUT2D eigenvalue weighted by molar-refractivity contribution is -0.150. The van der Waals surface area contributed by atoms with Gasteiger partial charge < -0.3 is 10.1 Å². The van der Waals surface area contributed by atoms with E-state index in [1.54, 1.807) is 12.1 Å². The number of thioether (sulfide) groups is 1. The molecule has 2 rings (SSSR count). The zero-order chi connectivity index (χ0) is 18.4. The number of nitrogens with one attached hydrogen (secondary N) is 1. The van der Waals surface area contributed by atoms with E-state index in [-0.39, 0.29) is 16.5 Å². The second-order valence-electron chi connectivity index (χ2n) is 4.96. The third-order valence-electron chi connectivity index (χ3n) is 3.05. The molecule has 1 N–H and O–H groups in total. The van der Waals surface area contributed by atoms with Gasteiger partial charge in [-0.25, -0.2) is 8.78 Å². The molecule has 0 saturated heterocycles. The van der Waals surface area contributed by atoms with E-state index in [2.05, 4.69) is 5.32 Å². The van der Waals surface area contributed by atoms with Crippen molar-refractivity contribution in [3.63, 3.8) is 0 Å². The molecule has 0 fully saturated rings. The summed E-state index contributed by atoms with van der Waals surface area (Å²) >= 11 is 6.59. The second-order valence-corrected chi connectivity index (χ2v) is 6.42. The Labute approximate surface area is 152 Å². The highest BCUT2D eigenvalue weighted by Gasteiger charge is 2.19. The number of hydrogen-bond donors (Lipinski definition) is 1. The predicted molar refractivity (Wildman–Crippen MR) is 92.7 cm³/mol. The van der Waals surface area contributed by atoms with E-state index < -0.39 is 29.6 Å². The van der Waals surface area contributed by atoms with Crippen LogP contribution in [0.3, 0.4) is 0 Å². The van der Waals surface area contributed by atoms with E-state index in [1.807, 2.05) is 0 Å². The zero-order valence-corrected chi connectivity index (χ0v) is 14.7. The maximum atomic E-state index is 13.6. The summed E-state index contributed by atoms with van der Waals surface area (Å²) < 4.78 is 32.1. The molecule has 0 aliphatic heterocycles. The van der Waals surface area contributed by atoms with Gasteiger partial charge in [-0.15, -0.1) is 11.8 Å². The van der Waals surface area contributed by atoms with Crippen LogP contribution < -0.4 is 5.32 Å². The van der Waals surface area contributed by atoms with E-state index in [4.69, 9.17) is 16.3 Å². The first kappa shape index (κ1) is 19.2. The minimum absolute atomic E-state index is 0.0713. The SMILES string of the molecule is C[C@H](OC(=O)CSc1ccccc1F)C(=O)Nc1ccc(Cl)cc1F. The van der Waals surface area contributed by atoms with Gasteiger partial charge in [0.1, 0.15) is 11.6 Å². The third kappa shape index (κ3) is 5.72. The van der Waals surface area contributed by atoms with Gasteiger partial charge in [-0.05, 0) is 37.3 Å². The van der Waals surface area contributed by atoms with Gasteiger partial charge in [0.15, 0.2) is 6.10 Å². The number of amides is 1. The normalized spacial score (nSPS) is 11.7. The van der Waals surface area contributed by atoms with Crippen molar-refractivity contribution in [3.8, 4) is 0 Å². The molecule has 0 aromatic heterocycles. The molecule has 0 saturated carbocycles. The molecular weight excluding hydrogens is 372 g/mol. The van der Waals surface area contributed by atoms with E-state index in [9.17, 15) is 18.4 Å². The van der Waals surface area contributed by atoms with Crippen LogP contribution in [-0.2, 0) is 14.3 Å². The number of halogens is 3. The standard InChI is InChI=1S/C17H14ClF2NO3S/c1-10(17(23)21-14-7-6-11(18)8-13(14)20)24-16(22)9-25-15-5-3-2-4-12(15)19/h2-8,10H,9H2,1H3,(H,21,23)/t10-/m0/s1. The number of anilines is 1. The van der Waals surface area contributed by atoms with Gasteiger partial charge in [0, 0.05) is 9.92 Å². The Hall–Kier alpha value is -2.12. The average molecular weight is 386 g/mol. The summed E-state index contributed by atoms with van der Waals surface area (Å²) in [7, 11) is 0. The Morgan fingerprint density at radius 1 is 1.20 bits per heavy atom. The summed E-state index contributed by atoms with van der Waals surface area (Å²) in [5.74, 6) is -2.68. The first-order valence-electron chi connectivity index (χ1n) is 7.19. The number of hydrogen-bond acceptors (Lipinski definition) is 4. The van der Waals surface area contributed by atoms with E-state index in [0.717, 1.165) is 17.8 Å². The largest absolute Gasteiger partial charge is 0.452 e. The van der Waals surface area contributed by atoms with Gasteiger partial charge in [-0.3, -0.25) is 9.59 Å². The minimum atomic E-state index is -1.14. The average Bonchev–Trinajstić information content (AvgIpc) is 2.56. The van der Waals surface area contributed by atoms with E-state index in [1.165, 1.54) is 31.2 Å². The fourth-order valence-corrected chi connectivity index (χ4v) is 2.69. The van der Waals surface area contributed by atoms with Crippen molar-refractivity contribution >= 4 is 40.9 Å².